The largest absolute Gasteiger partial charge is 0.504 e. The Labute approximate surface area is 148 Å². The average molecular weight is 362 g/mol. The Kier molecular flexibility index (Phi) is 5.81. The molecule has 0 bridgehead atoms. The molecule has 8 nitrogen and oxygen atoms in total. The number of carbonyl (C=O) groups is 2. The number of hydrogen-bond donors (Lipinski definition) is 4. The highest BCUT2D eigenvalue weighted by molar-refractivity contribution is 6.49. The van der Waals surface area contributed by atoms with Gasteiger partial charge in [0.15, 0.2) is 23.0 Å². The predicted octanol–water partition coefficient (Wildman–Crippen LogP) is 1.17. The van der Waals surface area contributed by atoms with Gasteiger partial charge in [0.1, 0.15) is 0 Å². The lowest BCUT2D eigenvalue weighted by Gasteiger charge is -2.12. The zero-order valence-corrected chi connectivity index (χ0v) is 14.1. The molecule has 0 aliphatic rings. The molecule has 2 aromatic rings. The molecule has 0 unspecified atom stereocenters. The molecule has 2 rings (SSSR count). The summed E-state index contributed by atoms with van der Waals surface area (Å²) in [6.07, 6.45) is 0. The van der Waals surface area contributed by atoms with Crippen molar-refractivity contribution in [2.45, 2.75) is 13.2 Å². The van der Waals surface area contributed by atoms with Crippen molar-refractivity contribution in [1.29, 1.82) is 0 Å². The predicted molar refractivity (Wildman–Crippen MR) is 89.8 cm³/mol. The molecule has 0 heterocycles. The lowest BCUT2D eigenvalue weighted by Crippen LogP contribution is -2.15. The summed E-state index contributed by atoms with van der Waals surface area (Å²) in [5, 5.41) is 38.3. The molecule has 0 aliphatic heterocycles. The Morgan fingerprint density at radius 3 is 1.38 bits per heavy atom. The van der Waals surface area contributed by atoms with E-state index >= 15 is 0 Å². The van der Waals surface area contributed by atoms with Gasteiger partial charge < -0.3 is 29.9 Å². The number of carbonyl (C=O) groups excluding carboxylic acids is 2. The Bertz CT molecular complexity index is 735. The summed E-state index contributed by atoms with van der Waals surface area (Å²) in [5.41, 5.74) is -0.128. The summed E-state index contributed by atoms with van der Waals surface area (Å²) in [6, 6.07) is 4.73. The van der Waals surface area contributed by atoms with Crippen LogP contribution in [-0.2, 0) is 13.2 Å². The summed E-state index contributed by atoms with van der Waals surface area (Å²) >= 11 is 0. The van der Waals surface area contributed by atoms with E-state index in [9.17, 15) is 30.0 Å². The van der Waals surface area contributed by atoms with Gasteiger partial charge in [0.05, 0.1) is 27.4 Å². The lowest BCUT2D eigenvalue weighted by molar-refractivity contribution is 0.0816. The second-order valence-corrected chi connectivity index (χ2v) is 5.35. The van der Waals surface area contributed by atoms with Gasteiger partial charge in [0, 0.05) is 22.3 Å². The normalized spacial score (nSPS) is 10.5. The number of ketones is 2. The van der Waals surface area contributed by atoms with E-state index < -0.39 is 24.8 Å². The first kappa shape index (κ1) is 19.2. The summed E-state index contributed by atoms with van der Waals surface area (Å²) in [4.78, 5) is 25.1. The van der Waals surface area contributed by atoms with Crippen LogP contribution in [0.25, 0.3) is 0 Å². The van der Waals surface area contributed by atoms with Gasteiger partial charge in [-0.1, -0.05) is 0 Å². The maximum absolute atomic E-state index is 12.5. The topological polar surface area (TPSA) is 134 Å². The van der Waals surface area contributed by atoms with Crippen molar-refractivity contribution in [3.05, 3.63) is 46.5 Å². The van der Waals surface area contributed by atoms with Crippen molar-refractivity contribution in [1.82, 2.24) is 0 Å². The van der Waals surface area contributed by atoms with Gasteiger partial charge in [0.2, 0.25) is 11.6 Å². The highest BCUT2D eigenvalue weighted by Crippen LogP contribution is 2.34. The molecule has 0 spiro atoms. The van der Waals surface area contributed by atoms with Crippen molar-refractivity contribution in [2.24, 2.45) is 0 Å². The smallest absolute Gasteiger partial charge is 0.233 e. The number of benzene rings is 2. The molecular formula is C18H18O8. The highest BCUT2D eigenvalue weighted by Gasteiger charge is 2.24. The Hall–Kier alpha value is -3.10. The number of rotatable bonds is 7. The zero-order chi connectivity index (χ0) is 19.4. The molecule has 2 aromatic carbocycles. The van der Waals surface area contributed by atoms with E-state index in [4.69, 9.17) is 9.47 Å². The van der Waals surface area contributed by atoms with Gasteiger partial charge in [-0.3, -0.25) is 9.59 Å². The molecular weight excluding hydrogens is 344 g/mol. The van der Waals surface area contributed by atoms with E-state index in [0.717, 1.165) is 0 Å². The number of ether oxygens (including phenoxy) is 2. The van der Waals surface area contributed by atoms with E-state index in [-0.39, 0.29) is 45.3 Å². The number of Topliss-reactive ketones (excluding diaryl/α,β-unsaturated/α-hetero) is 2. The van der Waals surface area contributed by atoms with Gasteiger partial charge in [-0.05, 0) is 24.3 Å². The van der Waals surface area contributed by atoms with Crippen molar-refractivity contribution >= 4 is 11.6 Å². The fraction of sp³-hybridized carbons (Fsp3) is 0.222. The average Bonchev–Trinajstić information content (AvgIpc) is 2.67. The van der Waals surface area contributed by atoms with E-state index in [2.05, 4.69) is 0 Å². The van der Waals surface area contributed by atoms with Gasteiger partial charge in [-0.25, -0.2) is 0 Å². The molecule has 0 atom stereocenters. The first-order valence-electron chi connectivity index (χ1n) is 7.48. The minimum absolute atomic E-state index is 0.0276. The SMILES string of the molecule is COc1cc(C(=O)C(=O)c2cc(CO)c(O)c(OC)c2)cc(CO)c1O. The monoisotopic (exact) mass is 362 g/mol. The molecule has 138 valence electrons. The van der Waals surface area contributed by atoms with Crippen LogP contribution in [-0.4, -0.2) is 46.2 Å². The first-order valence-corrected chi connectivity index (χ1v) is 7.48. The standard InChI is InChI=1S/C18H18O8/c1-25-13-5-9(3-11(7-19)15(13)21)17(23)18(24)10-4-12(8-20)16(22)14(6-10)26-2/h3-6,19-22H,7-8H2,1-2H3. The second-order valence-electron chi connectivity index (χ2n) is 5.35. The maximum atomic E-state index is 12.5. The number of methoxy groups -OCH3 is 2. The third-order valence-electron chi connectivity index (χ3n) is 3.82. The van der Waals surface area contributed by atoms with Crippen LogP contribution >= 0.6 is 0 Å². The summed E-state index contributed by atoms with van der Waals surface area (Å²) in [7, 11) is 2.54. The Morgan fingerprint density at radius 1 is 0.769 bits per heavy atom. The lowest BCUT2D eigenvalue weighted by atomic mass is 9.97. The Balaban J connectivity index is 2.49. The minimum atomic E-state index is -0.922. The molecule has 0 aromatic heterocycles. The third kappa shape index (κ3) is 3.46. The summed E-state index contributed by atoms with van der Waals surface area (Å²) in [5.74, 6) is -2.62. The van der Waals surface area contributed by atoms with E-state index in [1.54, 1.807) is 0 Å². The van der Waals surface area contributed by atoms with Crippen LogP contribution in [0.3, 0.4) is 0 Å². The summed E-state index contributed by atoms with van der Waals surface area (Å²) < 4.78 is 9.88. The van der Waals surface area contributed by atoms with Crippen LogP contribution < -0.4 is 9.47 Å². The van der Waals surface area contributed by atoms with Crippen molar-refractivity contribution in [3.63, 3.8) is 0 Å². The van der Waals surface area contributed by atoms with Crippen molar-refractivity contribution in [2.75, 3.05) is 14.2 Å². The maximum Gasteiger partial charge on any atom is 0.233 e. The van der Waals surface area contributed by atoms with Crippen molar-refractivity contribution in [3.8, 4) is 23.0 Å². The first-order chi connectivity index (χ1) is 12.4. The van der Waals surface area contributed by atoms with Crippen LogP contribution in [0.4, 0.5) is 0 Å². The van der Waals surface area contributed by atoms with Gasteiger partial charge in [-0.2, -0.15) is 0 Å². The number of aromatic hydroxyl groups is 2. The third-order valence-corrected chi connectivity index (χ3v) is 3.82. The molecule has 0 saturated carbocycles. The molecule has 0 fully saturated rings. The second kappa shape index (κ2) is 7.85. The van der Waals surface area contributed by atoms with Crippen molar-refractivity contribution < 1.29 is 39.5 Å². The van der Waals surface area contributed by atoms with Gasteiger partial charge in [-0.15, -0.1) is 0 Å². The summed E-state index contributed by atoms with van der Waals surface area (Å²) in [6.45, 7) is -1.11. The highest BCUT2D eigenvalue weighted by atomic mass is 16.5. The van der Waals surface area contributed by atoms with E-state index in [1.807, 2.05) is 0 Å². The van der Waals surface area contributed by atoms with Crippen LogP contribution in [0.2, 0.25) is 0 Å². The van der Waals surface area contributed by atoms with Crippen LogP contribution in [0, 0.1) is 0 Å². The van der Waals surface area contributed by atoms with Gasteiger partial charge >= 0.3 is 0 Å². The molecule has 4 N–H and O–H groups in total. The Morgan fingerprint density at radius 2 is 1.12 bits per heavy atom. The van der Waals surface area contributed by atoms with E-state index in [1.165, 1.54) is 38.5 Å². The zero-order valence-electron chi connectivity index (χ0n) is 14.1. The number of phenols is 2. The van der Waals surface area contributed by atoms with Crippen LogP contribution in [0.1, 0.15) is 31.8 Å². The molecule has 0 aliphatic carbocycles. The molecule has 8 heteroatoms. The van der Waals surface area contributed by atoms with Gasteiger partial charge in [0.25, 0.3) is 0 Å². The fourth-order valence-electron chi connectivity index (χ4n) is 2.41. The molecule has 26 heavy (non-hydrogen) atoms. The number of hydrogen-bond acceptors (Lipinski definition) is 8. The molecule has 0 saturated heterocycles. The minimum Gasteiger partial charge on any atom is -0.504 e. The van der Waals surface area contributed by atoms with Crippen LogP contribution in [0.15, 0.2) is 24.3 Å². The van der Waals surface area contributed by atoms with Crippen LogP contribution in [0.5, 0.6) is 23.0 Å². The molecule has 0 amide bonds. The van der Waals surface area contributed by atoms with E-state index in [0.29, 0.717) is 0 Å². The number of aliphatic hydroxyl groups excluding tert-OH is 2. The quantitative estimate of drug-likeness (QED) is 0.426. The fourth-order valence-corrected chi connectivity index (χ4v) is 2.41. The number of aliphatic hydroxyl groups is 2. The molecule has 0 radical (unpaired) electrons.